The molecule has 1 N–H and O–H groups in total. The molecule has 0 aromatic carbocycles. The van der Waals surface area contributed by atoms with Gasteiger partial charge in [-0.3, -0.25) is 0 Å². The molecular formula is C19H38O7. The zero-order chi connectivity index (χ0) is 19.3. The predicted octanol–water partition coefficient (Wildman–Crippen LogP) is 3.25. The summed E-state index contributed by atoms with van der Waals surface area (Å²) in [5, 5.41) is 9.09. The van der Waals surface area contributed by atoms with E-state index in [1.165, 1.54) is 32.1 Å². The standard InChI is InChI=1S/C19H38O7/c1-3-5-6-7-8-9-10-11-25-19(18(20)21)26-17-16-24-15-14-23-13-12-22-4-2/h19H,3-17H2,1-2H3,(H,20,21). The van der Waals surface area contributed by atoms with E-state index in [1.807, 2.05) is 6.92 Å². The molecule has 26 heavy (non-hydrogen) atoms. The molecule has 0 spiro atoms. The summed E-state index contributed by atoms with van der Waals surface area (Å²) in [7, 11) is 0. The maximum Gasteiger partial charge on any atom is 0.361 e. The van der Waals surface area contributed by atoms with Crippen LogP contribution in [0.3, 0.4) is 0 Å². The van der Waals surface area contributed by atoms with Crippen molar-refractivity contribution in [2.75, 3.05) is 52.9 Å². The number of hydrogen-bond donors (Lipinski definition) is 1. The number of ether oxygens (including phenoxy) is 5. The molecular weight excluding hydrogens is 340 g/mol. The van der Waals surface area contributed by atoms with Gasteiger partial charge in [-0.1, -0.05) is 45.4 Å². The van der Waals surface area contributed by atoms with E-state index in [-0.39, 0.29) is 6.61 Å². The summed E-state index contributed by atoms with van der Waals surface area (Å²) in [5.41, 5.74) is 0. The highest BCUT2D eigenvalue weighted by atomic mass is 16.7. The van der Waals surface area contributed by atoms with Gasteiger partial charge in [0.2, 0.25) is 0 Å². The third kappa shape index (κ3) is 18.1. The van der Waals surface area contributed by atoms with Crippen LogP contribution in [-0.2, 0) is 28.5 Å². The van der Waals surface area contributed by atoms with Gasteiger partial charge >= 0.3 is 5.97 Å². The van der Waals surface area contributed by atoms with E-state index in [1.54, 1.807) is 0 Å². The molecule has 0 bridgehead atoms. The minimum absolute atomic E-state index is 0.174. The van der Waals surface area contributed by atoms with Gasteiger partial charge in [-0.05, 0) is 13.3 Å². The molecule has 0 fully saturated rings. The maximum absolute atomic E-state index is 11.1. The lowest BCUT2D eigenvalue weighted by atomic mass is 10.1. The van der Waals surface area contributed by atoms with Crippen molar-refractivity contribution in [1.29, 1.82) is 0 Å². The predicted molar refractivity (Wildman–Crippen MR) is 99.5 cm³/mol. The minimum Gasteiger partial charge on any atom is -0.477 e. The average Bonchev–Trinajstić information content (AvgIpc) is 2.63. The molecule has 7 heteroatoms. The molecule has 0 amide bonds. The first-order chi connectivity index (χ1) is 12.7. The molecule has 0 aromatic rings. The van der Waals surface area contributed by atoms with E-state index in [9.17, 15) is 4.79 Å². The summed E-state index contributed by atoms with van der Waals surface area (Å²) < 4.78 is 26.3. The van der Waals surface area contributed by atoms with Gasteiger partial charge in [-0.25, -0.2) is 4.79 Å². The summed E-state index contributed by atoms with van der Waals surface area (Å²) in [6, 6.07) is 0. The van der Waals surface area contributed by atoms with E-state index in [2.05, 4.69) is 6.92 Å². The summed E-state index contributed by atoms with van der Waals surface area (Å²) in [4.78, 5) is 11.1. The fraction of sp³-hybridized carbons (Fsp3) is 0.947. The molecule has 0 aliphatic heterocycles. The van der Waals surface area contributed by atoms with Crippen LogP contribution < -0.4 is 0 Å². The van der Waals surface area contributed by atoms with Crippen molar-refractivity contribution >= 4 is 5.97 Å². The second-order valence-corrected chi connectivity index (χ2v) is 5.95. The van der Waals surface area contributed by atoms with Crippen molar-refractivity contribution in [2.45, 2.75) is 65.1 Å². The Bertz CT molecular complexity index is 300. The van der Waals surface area contributed by atoms with Gasteiger partial charge in [-0.15, -0.1) is 0 Å². The van der Waals surface area contributed by atoms with Gasteiger partial charge in [0.25, 0.3) is 6.29 Å². The number of carboxylic acid groups (broad SMARTS) is 1. The quantitative estimate of drug-likeness (QED) is 0.242. The number of aliphatic carboxylic acids is 1. The van der Waals surface area contributed by atoms with Crippen LogP contribution in [0.2, 0.25) is 0 Å². The molecule has 0 heterocycles. The van der Waals surface area contributed by atoms with E-state index < -0.39 is 12.3 Å². The van der Waals surface area contributed by atoms with Crippen molar-refractivity contribution in [2.24, 2.45) is 0 Å². The van der Waals surface area contributed by atoms with E-state index in [0.29, 0.717) is 46.2 Å². The van der Waals surface area contributed by atoms with Crippen LogP contribution in [-0.4, -0.2) is 70.2 Å². The van der Waals surface area contributed by atoms with Gasteiger partial charge < -0.3 is 28.8 Å². The van der Waals surface area contributed by atoms with Crippen LogP contribution >= 0.6 is 0 Å². The summed E-state index contributed by atoms with van der Waals surface area (Å²) in [6.45, 7) is 7.73. The van der Waals surface area contributed by atoms with Crippen LogP contribution in [0.15, 0.2) is 0 Å². The van der Waals surface area contributed by atoms with Gasteiger partial charge in [0, 0.05) is 6.61 Å². The van der Waals surface area contributed by atoms with E-state index in [0.717, 1.165) is 12.8 Å². The first kappa shape index (κ1) is 25.3. The molecule has 7 nitrogen and oxygen atoms in total. The highest BCUT2D eigenvalue weighted by Gasteiger charge is 2.18. The van der Waals surface area contributed by atoms with Gasteiger partial charge in [0.1, 0.15) is 0 Å². The van der Waals surface area contributed by atoms with Gasteiger partial charge in [0.15, 0.2) is 0 Å². The van der Waals surface area contributed by atoms with Crippen LogP contribution in [0.1, 0.15) is 58.8 Å². The average molecular weight is 379 g/mol. The molecule has 0 radical (unpaired) electrons. The molecule has 0 aliphatic rings. The molecule has 0 aromatic heterocycles. The molecule has 156 valence electrons. The minimum atomic E-state index is -1.22. The van der Waals surface area contributed by atoms with Gasteiger partial charge in [0.05, 0.1) is 46.2 Å². The van der Waals surface area contributed by atoms with Gasteiger partial charge in [-0.2, -0.15) is 0 Å². The second kappa shape index (κ2) is 20.6. The molecule has 0 rings (SSSR count). The van der Waals surface area contributed by atoms with Crippen molar-refractivity contribution in [3.05, 3.63) is 0 Å². The largest absolute Gasteiger partial charge is 0.477 e. The van der Waals surface area contributed by atoms with Crippen LogP contribution in [0.4, 0.5) is 0 Å². The highest BCUT2D eigenvalue weighted by molar-refractivity contribution is 5.70. The number of hydrogen-bond acceptors (Lipinski definition) is 6. The SMILES string of the molecule is CCCCCCCCCOC(OCCOCCOCCOCC)C(=O)O. The Balaban J connectivity index is 3.46. The molecule has 0 saturated heterocycles. The number of unbranched alkanes of at least 4 members (excludes halogenated alkanes) is 6. The Kier molecular flexibility index (Phi) is 20.0. The summed E-state index contributed by atoms with van der Waals surface area (Å²) in [6.07, 6.45) is 6.90. The Hall–Kier alpha value is -0.730. The zero-order valence-electron chi connectivity index (χ0n) is 16.6. The van der Waals surface area contributed by atoms with E-state index >= 15 is 0 Å². The number of rotatable bonds is 21. The third-order valence-electron chi connectivity index (χ3n) is 3.66. The summed E-state index contributed by atoms with van der Waals surface area (Å²) in [5.74, 6) is -1.10. The Morgan fingerprint density at radius 2 is 1.19 bits per heavy atom. The fourth-order valence-electron chi connectivity index (χ4n) is 2.24. The van der Waals surface area contributed by atoms with E-state index in [4.69, 9.17) is 28.8 Å². The maximum atomic E-state index is 11.1. The van der Waals surface area contributed by atoms with Crippen molar-refractivity contribution in [1.82, 2.24) is 0 Å². The second-order valence-electron chi connectivity index (χ2n) is 5.95. The fourth-order valence-corrected chi connectivity index (χ4v) is 2.24. The highest BCUT2D eigenvalue weighted by Crippen LogP contribution is 2.07. The van der Waals surface area contributed by atoms with Crippen molar-refractivity contribution < 1.29 is 33.6 Å². The molecule has 1 unspecified atom stereocenters. The Labute approximate surface area is 158 Å². The lowest BCUT2D eigenvalue weighted by Crippen LogP contribution is -2.29. The lowest BCUT2D eigenvalue weighted by molar-refractivity contribution is -0.192. The zero-order valence-corrected chi connectivity index (χ0v) is 16.6. The molecule has 0 saturated carbocycles. The smallest absolute Gasteiger partial charge is 0.361 e. The first-order valence-corrected chi connectivity index (χ1v) is 9.91. The summed E-state index contributed by atoms with van der Waals surface area (Å²) >= 11 is 0. The Morgan fingerprint density at radius 3 is 1.77 bits per heavy atom. The third-order valence-corrected chi connectivity index (χ3v) is 3.66. The number of carbonyl (C=O) groups is 1. The van der Waals surface area contributed by atoms with Crippen LogP contribution in [0.5, 0.6) is 0 Å². The Morgan fingerprint density at radius 1 is 0.692 bits per heavy atom. The first-order valence-electron chi connectivity index (χ1n) is 9.91. The van der Waals surface area contributed by atoms with Crippen LogP contribution in [0.25, 0.3) is 0 Å². The molecule has 0 aliphatic carbocycles. The van der Waals surface area contributed by atoms with Crippen molar-refractivity contribution in [3.8, 4) is 0 Å². The lowest BCUT2D eigenvalue weighted by Gasteiger charge is -2.14. The van der Waals surface area contributed by atoms with Crippen LogP contribution in [0, 0.1) is 0 Å². The van der Waals surface area contributed by atoms with Crippen molar-refractivity contribution in [3.63, 3.8) is 0 Å². The monoisotopic (exact) mass is 378 g/mol. The number of carboxylic acids is 1. The molecule has 1 atom stereocenters. The topological polar surface area (TPSA) is 83.5 Å². The normalized spacial score (nSPS) is 12.4.